The van der Waals surface area contributed by atoms with E-state index in [0.29, 0.717) is 28.8 Å². The fourth-order valence-corrected chi connectivity index (χ4v) is 2.66. The largest absolute Gasteiger partial charge is 0.336 e. The van der Waals surface area contributed by atoms with Crippen LogP contribution in [0, 0.1) is 5.92 Å². The van der Waals surface area contributed by atoms with E-state index in [1.165, 1.54) is 18.6 Å². The Hall–Kier alpha value is -2.18. The van der Waals surface area contributed by atoms with Gasteiger partial charge in [-0.25, -0.2) is 4.98 Å². The van der Waals surface area contributed by atoms with Crippen molar-refractivity contribution in [2.24, 2.45) is 5.92 Å². The molecule has 8 heteroatoms. The molecule has 6 nitrogen and oxygen atoms in total. The summed E-state index contributed by atoms with van der Waals surface area (Å²) in [5.74, 6) is -0.688. The fourth-order valence-electron chi connectivity index (χ4n) is 2.21. The third kappa shape index (κ3) is 3.43. The number of halogens is 2. The molecule has 2 heterocycles. The molecule has 2 aromatic rings. The zero-order valence-corrected chi connectivity index (χ0v) is 13.4. The van der Waals surface area contributed by atoms with Gasteiger partial charge in [0, 0.05) is 30.5 Å². The van der Waals surface area contributed by atoms with Crippen LogP contribution in [0.3, 0.4) is 0 Å². The van der Waals surface area contributed by atoms with Crippen LogP contribution in [0.15, 0.2) is 36.8 Å². The summed E-state index contributed by atoms with van der Waals surface area (Å²) in [4.78, 5) is 33.6. The predicted molar refractivity (Wildman–Crippen MR) is 86.5 cm³/mol. The average molecular weight is 351 g/mol. The first-order valence-electron chi connectivity index (χ1n) is 6.86. The third-order valence-electron chi connectivity index (χ3n) is 3.51. The van der Waals surface area contributed by atoms with Crippen LogP contribution < -0.4 is 5.32 Å². The molecule has 0 unspecified atom stereocenters. The monoisotopic (exact) mass is 350 g/mol. The molecule has 1 aliphatic rings. The number of likely N-dealkylation sites (tertiary alicyclic amines) is 1. The molecule has 2 amide bonds. The van der Waals surface area contributed by atoms with Crippen molar-refractivity contribution in [2.45, 2.75) is 0 Å². The Labute approximate surface area is 142 Å². The van der Waals surface area contributed by atoms with Crippen molar-refractivity contribution < 1.29 is 9.59 Å². The van der Waals surface area contributed by atoms with Gasteiger partial charge in [-0.15, -0.1) is 0 Å². The second kappa shape index (κ2) is 6.52. The van der Waals surface area contributed by atoms with Crippen molar-refractivity contribution >= 4 is 40.7 Å². The second-order valence-electron chi connectivity index (χ2n) is 5.11. The minimum absolute atomic E-state index is 0.183. The lowest BCUT2D eigenvalue weighted by atomic mass is 9.98. The van der Waals surface area contributed by atoms with Crippen LogP contribution in [0.1, 0.15) is 10.5 Å². The summed E-state index contributed by atoms with van der Waals surface area (Å²) < 4.78 is 0. The van der Waals surface area contributed by atoms with Crippen molar-refractivity contribution in [1.82, 2.24) is 14.9 Å². The molecule has 0 spiro atoms. The maximum absolute atomic E-state index is 12.2. The van der Waals surface area contributed by atoms with Gasteiger partial charge in [0.2, 0.25) is 5.91 Å². The van der Waals surface area contributed by atoms with Crippen LogP contribution in [-0.2, 0) is 4.79 Å². The normalized spacial score (nSPS) is 14.3. The number of aromatic nitrogens is 2. The number of anilines is 1. The summed E-state index contributed by atoms with van der Waals surface area (Å²) in [7, 11) is 0. The molecule has 1 aliphatic heterocycles. The first-order valence-corrected chi connectivity index (χ1v) is 7.61. The van der Waals surface area contributed by atoms with Crippen LogP contribution in [-0.4, -0.2) is 39.8 Å². The van der Waals surface area contributed by atoms with Gasteiger partial charge in [0.25, 0.3) is 5.91 Å². The van der Waals surface area contributed by atoms with E-state index in [1.54, 1.807) is 23.1 Å². The van der Waals surface area contributed by atoms with Crippen molar-refractivity contribution in [1.29, 1.82) is 0 Å². The predicted octanol–water partition coefficient (Wildman–Crippen LogP) is 2.49. The number of amides is 2. The molecule has 1 aromatic carbocycles. The Kier molecular flexibility index (Phi) is 4.45. The van der Waals surface area contributed by atoms with Gasteiger partial charge in [-0.05, 0) is 18.2 Å². The van der Waals surface area contributed by atoms with E-state index in [4.69, 9.17) is 23.2 Å². The maximum atomic E-state index is 12.2. The summed E-state index contributed by atoms with van der Waals surface area (Å²) in [6, 6.07) is 4.85. The molecule has 0 radical (unpaired) electrons. The van der Waals surface area contributed by atoms with E-state index in [-0.39, 0.29) is 23.4 Å². The number of carbonyl (C=O) groups is 2. The maximum Gasteiger partial charge on any atom is 0.274 e. The summed E-state index contributed by atoms with van der Waals surface area (Å²) in [5.41, 5.74) is 0.770. The highest BCUT2D eigenvalue weighted by Crippen LogP contribution is 2.27. The van der Waals surface area contributed by atoms with Gasteiger partial charge in [0.15, 0.2) is 0 Å². The number of hydrogen-bond donors (Lipinski definition) is 1. The van der Waals surface area contributed by atoms with E-state index in [0.717, 1.165) is 0 Å². The number of benzene rings is 1. The van der Waals surface area contributed by atoms with Crippen molar-refractivity contribution in [3.05, 3.63) is 52.5 Å². The van der Waals surface area contributed by atoms with Gasteiger partial charge < -0.3 is 10.2 Å². The standard InChI is InChI=1S/C15H12Cl2N4O2/c16-10-1-2-12(11(17)5-10)20-14(22)9-7-21(8-9)15(23)13-6-18-3-4-19-13/h1-6,9H,7-8H2,(H,20,22). The van der Waals surface area contributed by atoms with Crippen LogP contribution in [0.4, 0.5) is 5.69 Å². The summed E-state index contributed by atoms with van der Waals surface area (Å²) >= 11 is 11.8. The van der Waals surface area contributed by atoms with E-state index in [9.17, 15) is 9.59 Å². The zero-order chi connectivity index (χ0) is 16.4. The van der Waals surface area contributed by atoms with Gasteiger partial charge in [0.05, 0.1) is 22.8 Å². The summed E-state index contributed by atoms with van der Waals surface area (Å²) in [6.07, 6.45) is 4.36. The first-order chi connectivity index (χ1) is 11.0. The number of hydrogen-bond acceptors (Lipinski definition) is 4. The van der Waals surface area contributed by atoms with Crippen LogP contribution in [0.2, 0.25) is 10.0 Å². The number of nitrogens with zero attached hydrogens (tertiary/aromatic N) is 3. The Balaban J connectivity index is 1.57. The van der Waals surface area contributed by atoms with Gasteiger partial charge in [-0.2, -0.15) is 0 Å². The summed E-state index contributed by atoms with van der Waals surface area (Å²) in [5, 5.41) is 3.61. The highest BCUT2D eigenvalue weighted by atomic mass is 35.5. The molecule has 0 saturated carbocycles. The van der Waals surface area contributed by atoms with Crippen LogP contribution >= 0.6 is 23.2 Å². The van der Waals surface area contributed by atoms with E-state index < -0.39 is 0 Å². The highest BCUT2D eigenvalue weighted by Gasteiger charge is 2.36. The topological polar surface area (TPSA) is 75.2 Å². The van der Waals surface area contributed by atoms with Gasteiger partial charge in [-0.3, -0.25) is 14.6 Å². The molecule has 1 N–H and O–H groups in total. The van der Waals surface area contributed by atoms with Crippen molar-refractivity contribution in [3.63, 3.8) is 0 Å². The summed E-state index contributed by atoms with van der Waals surface area (Å²) in [6.45, 7) is 0.679. The number of carbonyl (C=O) groups excluding carboxylic acids is 2. The lowest BCUT2D eigenvalue weighted by Gasteiger charge is -2.37. The Morgan fingerprint density at radius 2 is 2.00 bits per heavy atom. The zero-order valence-electron chi connectivity index (χ0n) is 11.9. The van der Waals surface area contributed by atoms with Crippen LogP contribution in [0.5, 0.6) is 0 Å². The quantitative estimate of drug-likeness (QED) is 0.922. The first kappa shape index (κ1) is 15.7. The Bertz CT molecular complexity index is 748. The molecular formula is C15H12Cl2N4O2. The molecule has 0 atom stereocenters. The Morgan fingerprint density at radius 3 is 2.65 bits per heavy atom. The van der Waals surface area contributed by atoms with E-state index in [1.807, 2.05) is 0 Å². The lowest BCUT2D eigenvalue weighted by molar-refractivity contribution is -0.123. The molecule has 1 saturated heterocycles. The van der Waals surface area contributed by atoms with E-state index >= 15 is 0 Å². The molecular weight excluding hydrogens is 339 g/mol. The minimum Gasteiger partial charge on any atom is -0.336 e. The lowest BCUT2D eigenvalue weighted by Crippen LogP contribution is -2.54. The second-order valence-corrected chi connectivity index (χ2v) is 5.95. The fraction of sp³-hybridized carbons (Fsp3) is 0.200. The molecule has 118 valence electrons. The highest BCUT2D eigenvalue weighted by molar-refractivity contribution is 6.36. The minimum atomic E-state index is -0.276. The van der Waals surface area contributed by atoms with E-state index in [2.05, 4.69) is 15.3 Å². The van der Waals surface area contributed by atoms with Crippen LogP contribution in [0.25, 0.3) is 0 Å². The number of nitrogens with one attached hydrogen (secondary N) is 1. The van der Waals surface area contributed by atoms with Crippen molar-refractivity contribution in [3.8, 4) is 0 Å². The average Bonchev–Trinajstić information content (AvgIpc) is 2.49. The van der Waals surface area contributed by atoms with Crippen molar-refractivity contribution in [2.75, 3.05) is 18.4 Å². The molecule has 3 rings (SSSR count). The van der Waals surface area contributed by atoms with Gasteiger partial charge in [-0.1, -0.05) is 23.2 Å². The molecule has 1 fully saturated rings. The van der Waals surface area contributed by atoms with Gasteiger partial charge >= 0.3 is 0 Å². The third-order valence-corrected chi connectivity index (χ3v) is 4.06. The molecule has 1 aromatic heterocycles. The molecule has 23 heavy (non-hydrogen) atoms. The molecule has 0 bridgehead atoms. The SMILES string of the molecule is O=C(Nc1ccc(Cl)cc1Cl)C1CN(C(=O)c2cnccn2)C1. The smallest absolute Gasteiger partial charge is 0.274 e. The molecule has 0 aliphatic carbocycles. The van der Waals surface area contributed by atoms with Gasteiger partial charge in [0.1, 0.15) is 5.69 Å². The Morgan fingerprint density at radius 1 is 1.22 bits per heavy atom. The number of rotatable bonds is 3.